The number of hydrogen-bond donors (Lipinski definition) is 0. The largest absolute Gasteiger partial charge is 0.309 e. The van der Waals surface area contributed by atoms with Crippen molar-refractivity contribution in [1.29, 1.82) is 0 Å². The van der Waals surface area contributed by atoms with Crippen LogP contribution in [0.4, 0.5) is 17.1 Å². The number of hydrogen-bond acceptors (Lipinski definition) is 1. The van der Waals surface area contributed by atoms with Gasteiger partial charge in [0.25, 0.3) is 0 Å². The van der Waals surface area contributed by atoms with Crippen LogP contribution in [0.15, 0.2) is 164 Å². The molecule has 0 fully saturated rings. The molecule has 0 atom stereocenters. The van der Waals surface area contributed by atoms with Gasteiger partial charge in [-0.05, 0) is 136 Å². The number of nitrogens with zero attached hydrogens (tertiary/aromatic N) is 1. The molecule has 1 heterocycles. The van der Waals surface area contributed by atoms with E-state index in [1.54, 1.807) is 5.19 Å². The van der Waals surface area contributed by atoms with Crippen molar-refractivity contribution in [2.24, 2.45) is 0 Å². The van der Waals surface area contributed by atoms with Gasteiger partial charge in [-0.3, -0.25) is 0 Å². The highest BCUT2D eigenvalue weighted by Crippen LogP contribution is 2.49. The molecule has 0 radical (unpaired) electrons. The van der Waals surface area contributed by atoms with Crippen molar-refractivity contribution < 1.29 is 0 Å². The third-order valence-electron chi connectivity index (χ3n) is 12.5. The average Bonchev–Trinajstić information content (AvgIpc) is 3.43. The van der Waals surface area contributed by atoms with Crippen molar-refractivity contribution in [3.8, 4) is 22.3 Å². The van der Waals surface area contributed by atoms with E-state index in [2.05, 4.69) is 209 Å². The van der Waals surface area contributed by atoms with Crippen LogP contribution in [0.5, 0.6) is 0 Å². The van der Waals surface area contributed by atoms with Gasteiger partial charge in [0.1, 0.15) is 8.07 Å². The van der Waals surface area contributed by atoms with Crippen LogP contribution in [0.3, 0.4) is 0 Å². The van der Waals surface area contributed by atoms with Gasteiger partial charge in [0.15, 0.2) is 0 Å². The summed E-state index contributed by atoms with van der Waals surface area (Å²) in [6.45, 7) is 14.1. The fourth-order valence-corrected chi connectivity index (χ4v) is 12.5. The summed E-state index contributed by atoms with van der Waals surface area (Å²) in [4.78, 5) is 2.49. The fourth-order valence-electron chi connectivity index (χ4n) is 9.43. The Balaban J connectivity index is 1.21. The molecule has 1 nitrogen and oxygen atoms in total. The van der Waals surface area contributed by atoms with Crippen molar-refractivity contribution in [1.82, 2.24) is 0 Å². The van der Waals surface area contributed by atoms with Gasteiger partial charge >= 0.3 is 0 Å². The summed E-state index contributed by atoms with van der Waals surface area (Å²) in [7, 11) is -1.93. The highest BCUT2D eigenvalue weighted by atomic mass is 28.3. The predicted molar refractivity (Wildman–Crippen MR) is 247 cm³/mol. The monoisotopic (exact) mass is 737 g/mol. The highest BCUT2D eigenvalue weighted by molar-refractivity contribution is 7.04. The predicted octanol–water partition coefficient (Wildman–Crippen LogP) is 14.5. The van der Waals surface area contributed by atoms with Crippen molar-refractivity contribution in [3.05, 3.63) is 175 Å². The van der Waals surface area contributed by atoms with E-state index in [0.717, 1.165) is 11.4 Å². The number of benzene rings is 9. The molecule has 9 aromatic carbocycles. The van der Waals surface area contributed by atoms with E-state index in [9.17, 15) is 0 Å². The topological polar surface area (TPSA) is 3.24 Å². The zero-order chi connectivity index (χ0) is 38.3. The van der Waals surface area contributed by atoms with E-state index >= 15 is 0 Å². The molecule has 0 N–H and O–H groups in total. The maximum atomic E-state index is 2.53. The van der Waals surface area contributed by atoms with E-state index in [4.69, 9.17) is 0 Å². The SMILES string of the molecule is CC(C)c1ccc(N(c2ccc(C(C)C)cc2)c2c3ccccc3c(-c3ccc4c(c3)-c3cc5cc6ccccc6cc5cc3[Si]4(C)C)c3ccccc23)cc1. The quantitative estimate of drug-likeness (QED) is 0.121. The standard InChI is InChI=1S/C54H47NSi/c1-34(2)36-19-24-43(25-20-36)55(44-26-21-37(22-27-44)35(3)4)54-47-17-11-9-15-45(47)53(46-16-10-12-18-48(46)54)40-23-28-51-49(31-40)50-32-41-29-38-13-7-8-14-39(38)30-42(41)33-52(50)56(51,5)6/h7-35H,1-6H3. The summed E-state index contributed by atoms with van der Waals surface area (Å²) in [6, 6.07) is 62.4. The maximum absolute atomic E-state index is 2.53. The molecule has 1 aliphatic rings. The van der Waals surface area contributed by atoms with Crippen LogP contribution in [0.25, 0.3) is 65.3 Å². The first-order valence-electron chi connectivity index (χ1n) is 20.2. The highest BCUT2D eigenvalue weighted by Gasteiger charge is 2.38. The average molecular weight is 738 g/mol. The molecule has 272 valence electrons. The molecule has 0 saturated heterocycles. The number of fused-ring (bicyclic) bond motifs is 7. The van der Waals surface area contributed by atoms with E-state index in [-0.39, 0.29) is 0 Å². The Morgan fingerprint density at radius 2 is 0.875 bits per heavy atom. The summed E-state index contributed by atoms with van der Waals surface area (Å²) >= 11 is 0. The second kappa shape index (κ2) is 13.1. The van der Waals surface area contributed by atoms with E-state index < -0.39 is 8.07 Å². The first-order chi connectivity index (χ1) is 27.2. The first-order valence-corrected chi connectivity index (χ1v) is 23.2. The fraction of sp³-hybridized carbons (Fsp3) is 0.148. The molecule has 0 saturated carbocycles. The minimum absolute atomic E-state index is 0.467. The molecule has 0 spiro atoms. The zero-order valence-electron chi connectivity index (χ0n) is 33.2. The lowest BCUT2D eigenvalue weighted by molar-refractivity contribution is 0.866. The molecule has 10 rings (SSSR count). The summed E-state index contributed by atoms with van der Waals surface area (Å²) < 4.78 is 0. The van der Waals surface area contributed by atoms with Crippen LogP contribution in [-0.4, -0.2) is 8.07 Å². The molecule has 0 aliphatic carbocycles. The summed E-state index contributed by atoms with van der Waals surface area (Å²) in [5.41, 5.74) is 11.6. The van der Waals surface area contributed by atoms with Gasteiger partial charge in [-0.2, -0.15) is 0 Å². The van der Waals surface area contributed by atoms with Gasteiger partial charge in [0.05, 0.1) is 5.69 Å². The van der Waals surface area contributed by atoms with E-state index in [0.29, 0.717) is 11.8 Å². The van der Waals surface area contributed by atoms with Gasteiger partial charge in [-0.15, -0.1) is 0 Å². The Hall–Kier alpha value is -5.96. The van der Waals surface area contributed by atoms with E-state index in [1.807, 2.05) is 0 Å². The van der Waals surface area contributed by atoms with Gasteiger partial charge in [-0.1, -0.05) is 156 Å². The normalized spacial score (nSPS) is 13.3. The molecular weight excluding hydrogens is 691 g/mol. The molecule has 2 heteroatoms. The summed E-state index contributed by atoms with van der Waals surface area (Å²) in [6.07, 6.45) is 0. The minimum atomic E-state index is -1.93. The van der Waals surface area contributed by atoms with Crippen molar-refractivity contribution >= 4 is 78.6 Å². The van der Waals surface area contributed by atoms with E-state index in [1.165, 1.54) is 87.3 Å². The lowest BCUT2D eigenvalue weighted by Crippen LogP contribution is -2.49. The maximum Gasteiger partial charge on any atom is 0.113 e. The van der Waals surface area contributed by atoms with Crippen LogP contribution in [0.2, 0.25) is 13.1 Å². The molecule has 1 aliphatic heterocycles. The van der Waals surface area contributed by atoms with Crippen molar-refractivity contribution in [3.63, 3.8) is 0 Å². The summed E-state index contributed by atoms with van der Waals surface area (Å²) in [5.74, 6) is 0.935. The Bertz CT molecular complexity index is 2880. The van der Waals surface area contributed by atoms with Crippen LogP contribution < -0.4 is 15.3 Å². The first kappa shape index (κ1) is 34.5. The zero-order valence-corrected chi connectivity index (χ0v) is 34.2. The molecular formula is C54H47NSi. The van der Waals surface area contributed by atoms with Gasteiger partial charge in [0, 0.05) is 22.1 Å². The molecule has 0 aromatic heterocycles. The van der Waals surface area contributed by atoms with Crippen molar-refractivity contribution in [2.45, 2.75) is 52.6 Å². The second-order valence-electron chi connectivity index (χ2n) is 17.0. The molecule has 9 aromatic rings. The van der Waals surface area contributed by atoms with Gasteiger partial charge in [0.2, 0.25) is 0 Å². The molecule has 0 unspecified atom stereocenters. The Kier molecular flexibility index (Phi) is 8.06. The number of rotatable bonds is 6. The van der Waals surface area contributed by atoms with Crippen LogP contribution in [0, 0.1) is 0 Å². The van der Waals surface area contributed by atoms with Crippen molar-refractivity contribution in [2.75, 3.05) is 4.90 Å². The Morgan fingerprint density at radius 1 is 0.411 bits per heavy atom. The smallest absolute Gasteiger partial charge is 0.113 e. The summed E-state index contributed by atoms with van der Waals surface area (Å²) in [5, 5.41) is 13.3. The third-order valence-corrected chi connectivity index (χ3v) is 16.1. The van der Waals surface area contributed by atoms with Gasteiger partial charge in [-0.25, -0.2) is 0 Å². The van der Waals surface area contributed by atoms with Crippen LogP contribution in [0.1, 0.15) is 50.7 Å². The lowest BCUT2D eigenvalue weighted by atomic mass is 9.88. The third kappa shape index (κ3) is 5.42. The molecule has 0 bridgehead atoms. The lowest BCUT2D eigenvalue weighted by Gasteiger charge is -2.30. The van der Waals surface area contributed by atoms with Crippen LogP contribution in [-0.2, 0) is 0 Å². The number of anilines is 3. The molecule has 56 heavy (non-hydrogen) atoms. The molecule has 0 amide bonds. The minimum Gasteiger partial charge on any atom is -0.309 e. The van der Waals surface area contributed by atoms with Crippen LogP contribution >= 0.6 is 0 Å². The second-order valence-corrected chi connectivity index (χ2v) is 21.3. The van der Waals surface area contributed by atoms with Gasteiger partial charge < -0.3 is 4.90 Å². The Morgan fingerprint density at radius 3 is 1.39 bits per heavy atom. The Labute approximate surface area is 331 Å².